The van der Waals surface area contributed by atoms with Crippen molar-refractivity contribution in [2.24, 2.45) is 5.92 Å². The summed E-state index contributed by atoms with van der Waals surface area (Å²) in [6, 6.07) is 1.81. The van der Waals surface area contributed by atoms with Crippen molar-refractivity contribution in [1.29, 1.82) is 0 Å². The Morgan fingerprint density at radius 2 is 1.79 bits per heavy atom. The van der Waals surface area contributed by atoms with Crippen LogP contribution in [0.1, 0.15) is 66.6 Å². The lowest BCUT2D eigenvalue weighted by atomic mass is 9.80. The molecule has 1 saturated carbocycles. The molecule has 0 amide bonds. The van der Waals surface area contributed by atoms with Crippen molar-refractivity contribution in [3.8, 4) is 0 Å². The first kappa shape index (κ1) is 20.5. The first-order valence-electron chi connectivity index (χ1n) is 10.1. The number of nitrogens with one attached hydrogen (secondary N) is 1. The number of aromatic nitrogens is 3. The first-order valence-corrected chi connectivity index (χ1v) is 10.1. The van der Waals surface area contributed by atoms with Gasteiger partial charge in [0.2, 0.25) is 0 Å². The first-order chi connectivity index (χ1) is 13.5. The zero-order valence-electron chi connectivity index (χ0n) is 16.5. The van der Waals surface area contributed by atoms with Crippen LogP contribution in [0.4, 0.5) is 22.0 Å². The average molecular weight is 416 g/mol. The van der Waals surface area contributed by atoms with Crippen LogP contribution in [-0.4, -0.2) is 39.8 Å². The van der Waals surface area contributed by atoms with Gasteiger partial charge in [0.15, 0.2) is 5.65 Å². The van der Waals surface area contributed by atoms with Crippen molar-refractivity contribution >= 4 is 5.65 Å². The van der Waals surface area contributed by atoms with Gasteiger partial charge in [0, 0.05) is 36.6 Å². The predicted molar refractivity (Wildman–Crippen MR) is 98.4 cm³/mol. The van der Waals surface area contributed by atoms with Crippen LogP contribution < -0.4 is 5.32 Å². The smallest absolute Gasteiger partial charge is 0.311 e. The molecule has 4 rings (SSSR count). The lowest BCUT2D eigenvalue weighted by molar-refractivity contribution is -0.182. The third-order valence-electron chi connectivity index (χ3n) is 6.46. The van der Waals surface area contributed by atoms with Crippen molar-refractivity contribution in [3.63, 3.8) is 0 Å². The van der Waals surface area contributed by atoms with E-state index < -0.39 is 23.9 Å². The van der Waals surface area contributed by atoms with Gasteiger partial charge in [-0.25, -0.2) is 18.3 Å². The molecule has 1 N–H and O–H groups in total. The standard InChI is InChI=1S/C20H25F5N4/c1-11-12(2)27-17-7-16(13-3-5-15(6-4-13)20(23,24)25)28-29(17)18(11)14-8-19(21,22)10-26-9-14/h7,13-15,26H,3-6,8-10H2,1-2H3. The van der Waals surface area contributed by atoms with E-state index in [1.165, 1.54) is 0 Å². The molecule has 9 heteroatoms. The number of halogens is 5. The fourth-order valence-electron chi connectivity index (χ4n) is 4.77. The molecule has 1 saturated heterocycles. The van der Waals surface area contributed by atoms with Crippen LogP contribution in [-0.2, 0) is 0 Å². The Morgan fingerprint density at radius 3 is 2.41 bits per heavy atom. The summed E-state index contributed by atoms with van der Waals surface area (Å²) in [5.74, 6) is -4.50. The monoisotopic (exact) mass is 416 g/mol. The Kier molecular flexibility index (Phi) is 5.07. The van der Waals surface area contributed by atoms with E-state index in [4.69, 9.17) is 0 Å². The second kappa shape index (κ2) is 7.18. The maximum atomic E-state index is 14.0. The summed E-state index contributed by atoms with van der Waals surface area (Å²) >= 11 is 0. The molecule has 1 aliphatic carbocycles. The molecule has 2 aliphatic rings. The van der Waals surface area contributed by atoms with Crippen LogP contribution in [0.2, 0.25) is 0 Å². The van der Waals surface area contributed by atoms with Crippen LogP contribution in [0.3, 0.4) is 0 Å². The van der Waals surface area contributed by atoms with Crippen LogP contribution in [0.25, 0.3) is 5.65 Å². The van der Waals surface area contributed by atoms with Gasteiger partial charge in [0.05, 0.1) is 23.9 Å². The summed E-state index contributed by atoms with van der Waals surface area (Å²) in [5, 5.41) is 7.45. The Balaban J connectivity index is 1.66. The molecule has 1 atom stereocenters. The summed E-state index contributed by atoms with van der Waals surface area (Å²) < 4.78 is 68.5. The number of nitrogens with zero attached hydrogens (tertiary/aromatic N) is 3. The summed E-state index contributed by atoms with van der Waals surface area (Å²) in [6.45, 7) is 3.80. The molecular weight excluding hydrogens is 391 g/mol. The quantitative estimate of drug-likeness (QED) is 0.709. The average Bonchev–Trinajstić information content (AvgIpc) is 3.04. The lowest BCUT2D eigenvalue weighted by Gasteiger charge is -2.31. The van der Waals surface area contributed by atoms with Crippen LogP contribution >= 0.6 is 0 Å². The van der Waals surface area contributed by atoms with Crippen LogP contribution in [0.15, 0.2) is 6.07 Å². The summed E-state index contributed by atoms with van der Waals surface area (Å²) in [7, 11) is 0. The zero-order valence-corrected chi connectivity index (χ0v) is 16.5. The van der Waals surface area contributed by atoms with Gasteiger partial charge in [-0.2, -0.15) is 18.3 Å². The minimum atomic E-state index is -4.15. The topological polar surface area (TPSA) is 42.2 Å². The van der Waals surface area contributed by atoms with E-state index >= 15 is 0 Å². The van der Waals surface area contributed by atoms with E-state index in [1.54, 1.807) is 4.52 Å². The molecule has 2 fully saturated rings. The van der Waals surface area contributed by atoms with E-state index in [2.05, 4.69) is 15.4 Å². The maximum absolute atomic E-state index is 14.0. The van der Waals surface area contributed by atoms with E-state index in [9.17, 15) is 22.0 Å². The molecule has 2 aromatic heterocycles. The van der Waals surface area contributed by atoms with Gasteiger partial charge in [-0.05, 0) is 45.1 Å². The zero-order chi connectivity index (χ0) is 21.0. The maximum Gasteiger partial charge on any atom is 0.391 e. The highest BCUT2D eigenvalue weighted by molar-refractivity contribution is 5.46. The van der Waals surface area contributed by atoms with Gasteiger partial charge in [0.25, 0.3) is 5.92 Å². The number of rotatable bonds is 2. The third-order valence-corrected chi connectivity index (χ3v) is 6.46. The highest BCUT2D eigenvalue weighted by Crippen LogP contribution is 2.43. The molecule has 1 aliphatic heterocycles. The SMILES string of the molecule is Cc1nc2cc(C3CCC(C(F)(F)F)CC3)nn2c(C2CNCC(F)(F)C2)c1C. The normalized spacial score (nSPS) is 28.0. The van der Waals surface area contributed by atoms with Crippen molar-refractivity contribution in [2.75, 3.05) is 13.1 Å². The number of hydrogen-bond acceptors (Lipinski definition) is 3. The van der Waals surface area contributed by atoms with Crippen molar-refractivity contribution in [2.45, 2.75) is 69.9 Å². The van der Waals surface area contributed by atoms with Gasteiger partial charge < -0.3 is 5.32 Å². The van der Waals surface area contributed by atoms with Crippen molar-refractivity contribution in [3.05, 3.63) is 28.7 Å². The second-order valence-corrected chi connectivity index (χ2v) is 8.52. The van der Waals surface area contributed by atoms with Crippen LogP contribution in [0, 0.1) is 19.8 Å². The number of alkyl halides is 5. The Labute approximate surface area is 165 Å². The fourth-order valence-corrected chi connectivity index (χ4v) is 4.77. The predicted octanol–water partition coefficient (Wildman–Crippen LogP) is 4.89. The third kappa shape index (κ3) is 3.98. The van der Waals surface area contributed by atoms with E-state index in [-0.39, 0.29) is 31.7 Å². The number of fused-ring (bicyclic) bond motifs is 1. The summed E-state index contributed by atoms with van der Waals surface area (Å²) in [5.41, 5.74) is 3.59. The minimum Gasteiger partial charge on any atom is -0.311 e. The Hall–Kier alpha value is -1.77. The number of piperidine rings is 1. The molecule has 2 aromatic rings. The Bertz CT molecular complexity index is 896. The van der Waals surface area contributed by atoms with Crippen LogP contribution in [0.5, 0.6) is 0 Å². The minimum absolute atomic E-state index is 0.0605. The highest BCUT2D eigenvalue weighted by atomic mass is 19.4. The van der Waals surface area contributed by atoms with E-state index in [1.807, 2.05) is 19.9 Å². The molecule has 0 aromatic carbocycles. The van der Waals surface area contributed by atoms with Gasteiger partial charge in [-0.15, -0.1) is 0 Å². The summed E-state index contributed by atoms with van der Waals surface area (Å²) in [6.07, 6.45) is -3.37. The second-order valence-electron chi connectivity index (χ2n) is 8.52. The van der Waals surface area contributed by atoms with E-state index in [0.29, 0.717) is 30.7 Å². The molecule has 0 spiro atoms. The fraction of sp³-hybridized carbons (Fsp3) is 0.700. The largest absolute Gasteiger partial charge is 0.391 e. The molecule has 3 heterocycles. The van der Waals surface area contributed by atoms with Gasteiger partial charge >= 0.3 is 6.18 Å². The van der Waals surface area contributed by atoms with Gasteiger partial charge in [-0.1, -0.05) is 0 Å². The summed E-state index contributed by atoms with van der Waals surface area (Å²) in [4.78, 5) is 4.55. The lowest BCUT2D eigenvalue weighted by Crippen LogP contribution is -2.43. The Morgan fingerprint density at radius 1 is 1.10 bits per heavy atom. The molecule has 1 unspecified atom stereocenters. The van der Waals surface area contributed by atoms with Crippen molar-refractivity contribution < 1.29 is 22.0 Å². The molecule has 4 nitrogen and oxygen atoms in total. The molecule has 0 radical (unpaired) electrons. The van der Waals surface area contributed by atoms with Gasteiger partial charge in [-0.3, -0.25) is 0 Å². The molecule has 0 bridgehead atoms. The van der Waals surface area contributed by atoms with Gasteiger partial charge in [0.1, 0.15) is 0 Å². The number of hydrogen-bond donors (Lipinski definition) is 1. The molecule has 29 heavy (non-hydrogen) atoms. The number of aryl methyl sites for hydroxylation is 1. The molecule has 160 valence electrons. The molecular formula is C20H25F5N4. The van der Waals surface area contributed by atoms with Crippen molar-refractivity contribution in [1.82, 2.24) is 19.9 Å². The highest BCUT2D eigenvalue weighted by Gasteiger charge is 2.42. The van der Waals surface area contributed by atoms with E-state index in [0.717, 1.165) is 17.0 Å².